The number of ether oxygens (including phenoxy) is 1. The number of fused-ring (bicyclic) bond motifs is 1. The second-order valence-electron chi connectivity index (χ2n) is 6.53. The molecule has 1 aliphatic rings. The Labute approximate surface area is 146 Å². The number of aromatic nitrogens is 3. The number of anilines is 2. The number of nitrogens with zero attached hydrogens (tertiary/aromatic N) is 3. The zero-order chi connectivity index (χ0) is 17.4. The lowest BCUT2D eigenvalue weighted by Gasteiger charge is -2.13. The Morgan fingerprint density at radius 1 is 1.20 bits per heavy atom. The van der Waals surface area contributed by atoms with Crippen LogP contribution in [0.15, 0.2) is 41.3 Å². The van der Waals surface area contributed by atoms with Crippen LogP contribution < -0.4 is 15.7 Å². The van der Waals surface area contributed by atoms with E-state index < -0.39 is 0 Å². The summed E-state index contributed by atoms with van der Waals surface area (Å²) in [7, 11) is 3.46. The molecule has 6 heteroatoms. The van der Waals surface area contributed by atoms with E-state index in [4.69, 9.17) is 4.74 Å². The summed E-state index contributed by atoms with van der Waals surface area (Å²) in [4.78, 5) is 17.2. The third-order valence-corrected chi connectivity index (χ3v) is 5.04. The summed E-state index contributed by atoms with van der Waals surface area (Å²) in [5.74, 6) is 1.46. The third kappa shape index (κ3) is 2.67. The Morgan fingerprint density at radius 3 is 2.72 bits per heavy atom. The summed E-state index contributed by atoms with van der Waals surface area (Å²) >= 11 is 0. The van der Waals surface area contributed by atoms with Crippen molar-refractivity contribution in [2.45, 2.75) is 31.7 Å². The molecule has 25 heavy (non-hydrogen) atoms. The predicted octanol–water partition coefficient (Wildman–Crippen LogP) is 3.60. The topological polar surface area (TPSA) is 61.1 Å². The SMILES string of the molecule is COc1ccccc1Nc1cc2c(cn1)n(C)c(=O)n2C1CCCC1. The summed E-state index contributed by atoms with van der Waals surface area (Å²) in [6.07, 6.45) is 6.27. The molecule has 3 aromatic rings. The molecular weight excluding hydrogens is 316 g/mol. The number of aryl methyl sites for hydroxylation is 1. The molecule has 0 amide bonds. The Kier molecular flexibility index (Phi) is 3.95. The van der Waals surface area contributed by atoms with Crippen LogP contribution in [0, 0.1) is 0 Å². The van der Waals surface area contributed by atoms with E-state index in [1.54, 1.807) is 17.9 Å². The molecule has 0 radical (unpaired) electrons. The van der Waals surface area contributed by atoms with Gasteiger partial charge in [-0.25, -0.2) is 9.78 Å². The van der Waals surface area contributed by atoms with Gasteiger partial charge in [0.05, 0.1) is 30.0 Å². The fraction of sp³-hybridized carbons (Fsp3) is 0.368. The molecule has 2 heterocycles. The van der Waals surface area contributed by atoms with Gasteiger partial charge in [0.2, 0.25) is 0 Å². The van der Waals surface area contributed by atoms with E-state index in [0.29, 0.717) is 5.82 Å². The highest BCUT2D eigenvalue weighted by molar-refractivity contribution is 5.79. The standard InChI is InChI=1S/C19H22N4O2/c1-22-16-12-20-18(21-14-9-5-6-10-17(14)25-2)11-15(16)23(19(22)24)13-7-3-4-8-13/h5-6,9-13H,3-4,7-8H2,1-2H3,(H,20,21). The Balaban J connectivity index is 1.79. The first kappa shape index (κ1) is 15.7. The molecule has 1 aromatic carbocycles. The Morgan fingerprint density at radius 2 is 1.96 bits per heavy atom. The molecule has 1 aliphatic carbocycles. The van der Waals surface area contributed by atoms with Crippen LogP contribution in [0.5, 0.6) is 5.75 Å². The quantitative estimate of drug-likeness (QED) is 0.789. The van der Waals surface area contributed by atoms with Gasteiger partial charge in [-0.3, -0.25) is 9.13 Å². The van der Waals surface area contributed by atoms with Crippen molar-refractivity contribution in [2.24, 2.45) is 7.05 Å². The number of methoxy groups -OCH3 is 1. The van der Waals surface area contributed by atoms with E-state index in [9.17, 15) is 4.79 Å². The largest absolute Gasteiger partial charge is 0.495 e. The minimum Gasteiger partial charge on any atom is -0.495 e. The molecular formula is C19H22N4O2. The Bertz CT molecular complexity index is 967. The van der Waals surface area contributed by atoms with Gasteiger partial charge in [-0.1, -0.05) is 25.0 Å². The number of hydrogen-bond donors (Lipinski definition) is 1. The maximum Gasteiger partial charge on any atom is 0.329 e. The van der Waals surface area contributed by atoms with E-state index in [1.807, 2.05) is 41.9 Å². The van der Waals surface area contributed by atoms with Crippen LogP contribution in [0.1, 0.15) is 31.7 Å². The average Bonchev–Trinajstić information content (AvgIpc) is 3.23. The molecule has 0 spiro atoms. The van der Waals surface area contributed by atoms with Gasteiger partial charge >= 0.3 is 5.69 Å². The highest BCUT2D eigenvalue weighted by Crippen LogP contribution is 2.32. The first-order valence-electron chi connectivity index (χ1n) is 8.66. The maximum atomic E-state index is 12.7. The van der Waals surface area contributed by atoms with E-state index in [-0.39, 0.29) is 11.7 Å². The van der Waals surface area contributed by atoms with Gasteiger partial charge in [-0.2, -0.15) is 0 Å². The van der Waals surface area contributed by atoms with Crippen LogP contribution >= 0.6 is 0 Å². The predicted molar refractivity (Wildman–Crippen MR) is 98.8 cm³/mol. The number of para-hydroxylation sites is 2. The summed E-state index contributed by atoms with van der Waals surface area (Å²) in [6, 6.07) is 9.97. The lowest BCUT2D eigenvalue weighted by Crippen LogP contribution is -2.24. The van der Waals surface area contributed by atoms with Crippen molar-refractivity contribution >= 4 is 22.5 Å². The average molecular weight is 338 g/mol. The van der Waals surface area contributed by atoms with Gasteiger partial charge in [-0.05, 0) is 25.0 Å². The number of imidazole rings is 1. The van der Waals surface area contributed by atoms with Crippen molar-refractivity contribution in [2.75, 3.05) is 12.4 Å². The number of benzene rings is 1. The third-order valence-electron chi connectivity index (χ3n) is 5.04. The zero-order valence-electron chi connectivity index (χ0n) is 14.5. The van der Waals surface area contributed by atoms with E-state index in [2.05, 4.69) is 10.3 Å². The molecule has 130 valence electrons. The smallest absolute Gasteiger partial charge is 0.329 e. The van der Waals surface area contributed by atoms with Crippen LogP contribution in [-0.4, -0.2) is 21.2 Å². The molecule has 0 aliphatic heterocycles. The molecule has 6 nitrogen and oxygen atoms in total. The van der Waals surface area contributed by atoms with Crippen molar-refractivity contribution in [1.29, 1.82) is 0 Å². The van der Waals surface area contributed by atoms with Gasteiger partial charge in [-0.15, -0.1) is 0 Å². The van der Waals surface area contributed by atoms with E-state index in [1.165, 1.54) is 12.8 Å². The fourth-order valence-electron chi connectivity index (χ4n) is 3.73. The van der Waals surface area contributed by atoms with Crippen LogP contribution in [0.2, 0.25) is 0 Å². The van der Waals surface area contributed by atoms with Crippen molar-refractivity contribution in [3.8, 4) is 5.75 Å². The van der Waals surface area contributed by atoms with Crippen LogP contribution in [-0.2, 0) is 7.05 Å². The summed E-state index contributed by atoms with van der Waals surface area (Å²) in [6.45, 7) is 0. The van der Waals surface area contributed by atoms with E-state index in [0.717, 1.165) is 35.3 Å². The first-order valence-corrected chi connectivity index (χ1v) is 8.66. The molecule has 2 aromatic heterocycles. The molecule has 1 fully saturated rings. The molecule has 1 saturated carbocycles. The second-order valence-corrected chi connectivity index (χ2v) is 6.53. The van der Waals surface area contributed by atoms with Gasteiger partial charge in [0.1, 0.15) is 11.6 Å². The number of hydrogen-bond acceptors (Lipinski definition) is 4. The van der Waals surface area contributed by atoms with Crippen molar-refractivity contribution in [3.63, 3.8) is 0 Å². The van der Waals surface area contributed by atoms with Gasteiger partial charge in [0.25, 0.3) is 0 Å². The molecule has 0 bridgehead atoms. The second kappa shape index (κ2) is 6.27. The van der Waals surface area contributed by atoms with Crippen LogP contribution in [0.25, 0.3) is 11.0 Å². The lowest BCUT2D eigenvalue weighted by atomic mass is 10.2. The summed E-state index contributed by atoms with van der Waals surface area (Å²) < 4.78 is 9.01. The molecule has 1 N–H and O–H groups in total. The lowest BCUT2D eigenvalue weighted by molar-refractivity contribution is 0.417. The zero-order valence-corrected chi connectivity index (χ0v) is 14.5. The highest BCUT2D eigenvalue weighted by atomic mass is 16.5. The van der Waals surface area contributed by atoms with Gasteiger partial charge in [0.15, 0.2) is 0 Å². The minimum absolute atomic E-state index is 0.0399. The molecule has 0 saturated heterocycles. The number of pyridine rings is 1. The normalized spacial score (nSPS) is 15.0. The van der Waals surface area contributed by atoms with Crippen molar-refractivity contribution < 1.29 is 4.74 Å². The Hall–Kier alpha value is -2.76. The summed E-state index contributed by atoms with van der Waals surface area (Å²) in [5, 5.41) is 3.30. The monoisotopic (exact) mass is 338 g/mol. The molecule has 0 unspecified atom stereocenters. The first-order chi connectivity index (χ1) is 12.2. The van der Waals surface area contributed by atoms with Crippen molar-refractivity contribution in [3.05, 3.63) is 47.0 Å². The van der Waals surface area contributed by atoms with Crippen molar-refractivity contribution in [1.82, 2.24) is 14.1 Å². The van der Waals surface area contributed by atoms with E-state index >= 15 is 0 Å². The van der Waals surface area contributed by atoms with Gasteiger partial charge < -0.3 is 10.1 Å². The maximum absolute atomic E-state index is 12.7. The minimum atomic E-state index is 0.0399. The number of nitrogens with one attached hydrogen (secondary N) is 1. The number of rotatable bonds is 4. The van der Waals surface area contributed by atoms with Crippen LogP contribution in [0.4, 0.5) is 11.5 Å². The fourth-order valence-corrected chi connectivity index (χ4v) is 3.73. The highest BCUT2D eigenvalue weighted by Gasteiger charge is 2.23. The molecule has 0 atom stereocenters. The van der Waals surface area contributed by atoms with Crippen LogP contribution in [0.3, 0.4) is 0 Å². The van der Waals surface area contributed by atoms with Gasteiger partial charge in [0, 0.05) is 19.2 Å². The molecule has 4 rings (SSSR count). The summed E-state index contributed by atoms with van der Waals surface area (Å²) in [5.41, 5.74) is 2.69.